The van der Waals surface area contributed by atoms with E-state index in [-0.39, 0.29) is 5.56 Å². The molecule has 0 saturated heterocycles. The minimum absolute atomic E-state index is 0.220. The van der Waals surface area contributed by atoms with Crippen molar-refractivity contribution in [3.05, 3.63) is 95.7 Å². The van der Waals surface area contributed by atoms with Gasteiger partial charge in [0, 0.05) is 24.8 Å². The molecule has 2 aromatic heterocycles. The molecule has 0 atom stereocenters. The van der Waals surface area contributed by atoms with Crippen LogP contribution in [0.25, 0.3) is 11.3 Å². The van der Waals surface area contributed by atoms with Crippen molar-refractivity contribution in [1.82, 2.24) is 15.0 Å². The van der Waals surface area contributed by atoms with Gasteiger partial charge in [-0.15, -0.1) is 0 Å². The van der Waals surface area contributed by atoms with Gasteiger partial charge in [0.05, 0.1) is 11.3 Å². The number of fused-ring (bicyclic) bond motifs is 1. The third kappa shape index (κ3) is 4.59. The molecular weight excluding hydrogens is 426 g/mol. The first-order chi connectivity index (χ1) is 16.7. The third-order valence-electron chi connectivity index (χ3n) is 5.90. The maximum absolute atomic E-state index is 12.0. The quantitative estimate of drug-likeness (QED) is 0.410. The Bertz CT molecular complexity index is 1300. The van der Waals surface area contributed by atoms with Crippen molar-refractivity contribution in [3.63, 3.8) is 0 Å². The summed E-state index contributed by atoms with van der Waals surface area (Å²) in [5.74, 6) is 1.08. The normalized spacial score (nSPS) is 12.8. The van der Waals surface area contributed by atoms with Gasteiger partial charge in [-0.2, -0.15) is 4.98 Å². The van der Waals surface area contributed by atoms with Crippen LogP contribution in [0.1, 0.15) is 27.9 Å². The molecule has 7 heteroatoms. The van der Waals surface area contributed by atoms with E-state index in [0.717, 1.165) is 55.1 Å². The molecule has 0 fully saturated rings. The van der Waals surface area contributed by atoms with Crippen molar-refractivity contribution in [2.24, 2.45) is 0 Å². The fourth-order valence-corrected chi connectivity index (χ4v) is 4.25. The average molecular weight is 452 g/mol. The van der Waals surface area contributed by atoms with E-state index >= 15 is 0 Å². The Balaban J connectivity index is 1.44. The van der Waals surface area contributed by atoms with Gasteiger partial charge in [0.1, 0.15) is 11.6 Å². The Morgan fingerprint density at radius 1 is 1.00 bits per heavy atom. The first-order valence-corrected chi connectivity index (χ1v) is 11.4. The minimum Gasteiger partial charge on any atom is -0.478 e. The van der Waals surface area contributed by atoms with E-state index in [9.17, 15) is 9.90 Å². The minimum atomic E-state index is -0.974. The summed E-state index contributed by atoms with van der Waals surface area (Å²) in [7, 11) is 0. The number of nitrogens with zero attached hydrogens (tertiary/aromatic N) is 4. The van der Waals surface area contributed by atoms with Crippen molar-refractivity contribution in [2.75, 3.05) is 23.3 Å². The van der Waals surface area contributed by atoms with E-state index in [2.05, 4.69) is 27.3 Å². The molecule has 2 aromatic carbocycles. The molecule has 1 aliphatic heterocycles. The lowest BCUT2D eigenvalue weighted by Gasteiger charge is -2.30. The summed E-state index contributed by atoms with van der Waals surface area (Å²) in [6.45, 7) is 1.48. The average Bonchev–Trinajstić information content (AvgIpc) is 2.89. The smallest absolute Gasteiger partial charge is 0.337 e. The fraction of sp³-hybridized carbons (Fsp3) is 0.185. The maximum atomic E-state index is 12.0. The van der Waals surface area contributed by atoms with Gasteiger partial charge in [-0.25, -0.2) is 14.8 Å². The lowest BCUT2D eigenvalue weighted by atomic mass is 9.99. The maximum Gasteiger partial charge on any atom is 0.337 e. The van der Waals surface area contributed by atoms with Crippen LogP contribution in [-0.2, 0) is 12.8 Å². The Morgan fingerprint density at radius 3 is 2.53 bits per heavy atom. The highest BCUT2D eigenvalue weighted by Crippen LogP contribution is 2.35. The summed E-state index contributed by atoms with van der Waals surface area (Å²) in [5, 5.41) is 13.1. The third-order valence-corrected chi connectivity index (χ3v) is 5.90. The van der Waals surface area contributed by atoms with Crippen molar-refractivity contribution >= 4 is 23.6 Å². The van der Waals surface area contributed by atoms with Crippen molar-refractivity contribution < 1.29 is 9.90 Å². The van der Waals surface area contributed by atoms with Crippen LogP contribution < -0.4 is 10.2 Å². The number of carboxylic acids is 1. The number of aryl methyl sites for hydroxylation is 1. The molecule has 0 aliphatic carbocycles. The van der Waals surface area contributed by atoms with E-state index in [1.807, 2.05) is 54.6 Å². The second-order valence-electron chi connectivity index (χ2n) is 8.19. The highest BCUT2D eigenvalue weighted by Gasteiger charge is 2.25. The lowest BCUT2D eigenvalue weighted by Crippen LogP contribution is -2.27. The number of carbonyl (C=O) groups is 1. The zero-order valence-corrected chi connectivity index (χ0v) is 18.7. The van der Waals surface area contributed by atoms with Gasteiger partial charge in [-0.05, 0) is 42.5 Å². The topological polar surface area (TPSA) is 91.2 Å². The summed E-state index contributed by atoms with van der Waals surface area (Å²) >= 11 is 0. The Kier molecular flexibility index (Phi) is 6.16. The first kappa shape index (κ1) is 21.6. The van der Waals surface area contributed by atoms with Gasteiger partial charge in [0.2, 0.25) is 5.95 Å². The second-order valence-corrected chi connectivity index (χ2v) is 8.19. The Morgan fingerprint density at radius 2 is 1.76 bits per heavy atom. The lowest BCUT2D eigenvalue weighted by molar-refractivity contribution is 0.0697. The van der Waals surface area contributed by atoms with Crippen molar-refractivity contribution in [2.45, 2.75) is 19.3 Å². The summed E-state index contributed by atoms with van der Waals surface area (Å²) < 4.78 is 0. The molecular formula is C27H25N5O2. The van der Waals surface area contributed by atoms with Gasteiger partial charge < -0.3 is 15.3 Å². The monoisotopic (exact) mass is 451 g/mol. The number of carboxylic acid groups (broad SMARTS) is 1. The Hall–Kier alpha value is -4.26. The van der Waals surface area contributed by atoms with Crippen LogP contribution in [-0.4, -0.2) is 39.1 Å². The number of rotatable bonds is 7. The van der Waals surface area contributed by atoms with Crippen LogP contribution in [0.3, 0.4) is 0 Å². The Labute approximate surface area is 198 Å². The van der Waals surface area contributed by atoms with Gasteiger partial charge >= 0.3 is 5.97 Å². The van der Waals surface area contributed by atoms with E-state index < -0.39 is 5.97 Å². The number of benzene rings is 2. The number of pyridine rings is 1. The number of hydrogen-bond acceptors (Lipinski definition) is 6. The van der Waals surface area contributed by atoms with E-state index in [1.165, 1.54) is 5.56 Å². The molecule has 170 valence electrons. The number of anilines is 3. The number of aromatic nitrogens is 3. The largest absolute Gasteiger partial charge is 0.478 e. The number of aromatic carboxylic acids is 1. The van der Waals surface area contributed by atoms with Crippen LogP contribution in [0.5, 0.6) is 0 Å². The molecule has 3 heterocycles. The SMILES string of the molecule is O=C(O)c1cc2c(nc1-c1ccccc1)N(c1ccnc(NCCc3ccccc3)n1)CCC2. The van der Waals surface area contributed by atoms with Gasteiger partial charge in [0.15, 0.2) is 0 Å². The van der Waals surface area contributed by atoms with E-state index in [4.69, 9.17) is 9.97 Å². The molecule has 0 bridgehead atoms. The molecule has 2 N–H and O–H groups in total. The molecule has 1 aliphatic rings. The molecule has 34 heavy (non-hydrogen) atoms. The molecule has 5 rings (SSSR count). The van der Waals surface area contributed by atoms with Crippen LogP contribution >= 0.6 is 0 Å². The standard InChI is InChI=1S/C27H25N5O2/c33-26(34)22-18-21-12-7-17-32(25(21)31-24(22)20-10-5-2-6-11-20)23-14-16-29-27(30-23)28-15-13-19-8-3-1-4-9-19/h1-6,8-11,14,16,18H,7,12-13,15,17H2,(H,33,34)(H,28,29,30). The van der Waals surface area contributed by atoms with E-state index in [0.29, 0.717) is 11.6 Å². The molecule has 0 unspecified atom stereocenters. The zero-order chi connectivity index (χ0) is 23.3. The molecule has 0 saturated carbocycles. The highest BCUT2D eigenvalue weighted by atomic mass is 16.4. The number of nitrogens with one attached hydrogen (secondary N) is 1. The van der Waals surface area contributed by atoms with Gasteiger partial charge in [-0.1, -0.05) is 60.7 Å². The summed E-state index contributed by atoms with van der Waals surface area (Å²) in [5.41, 5.74) is 3.63. The van der Waals surface area contributed by atoms with Crippen LogP contribution in [0.15, 0.2) is 79.0 Å². The van der Waals surface area contributed by atoms with Crippen molar-refractivity contribution in [3.8, 4) is 11.3 Å². The molecule has 0 amide bonds. The zero-order valence-electron chi connectivity index (χ0n) is 18.7. The van der Waals surface area contributed by atoms with Crippen molar-refractivity contribution in [1.29, 1.82) is 0 Å². The second kappa shape index (κ2) is 9.70. The first-order valence-electron chi connectivity index (χ1n) is 11.4. The van der Waals surface area contributed by atoms with Gasteiger partial charge in [-0.3, -0.25) is 0 Å². The number of hydrogen-bond donors (Lipinski definition) is 2. The van der Waals surface area contributed by atoms with Crippen LogP contribution in [0, 0.1) is 0 Å². The summed E-state index contributed by atoms with van der Waals surface area (Å²) in [6.07, 6.45) is 4.28. The predicted molar refractivity (Wildman–Crippen MR) is 133 cm³/mol. The van der Waals surface area contributed by atoms with Gasteiger partial charge in [0.25, 0.3) is 0 Å². The van der Waals surface area contributed by atoms with Crippen LogP contribution in [0.2, 0.25) is 0 Å². The molecule has 0 radical (unpaired) electrons. The summed E-state index contributed by atoms with van der Waals surface area (Å²) in [6, 6.07) is 23.4. The fourth-order valence-electron chi connectivity index (χ4n) is 4.25. The van der Waals surface area contributed by atoms with Crippen LogP contribution in [0.4, 0.5) is 17.6 Å². The summed E-state index contributed by atoms with van der Waals surface area (Å²) in [4.78, 5) is 28.0. The van der Waals surface area contributed by atoms with E-state index in [1.54, 1.807) is 12.3 Å². The molecule has 0 spiro atoms. The predicted octanol–water partition coefficient (Wildman–Crippen LogP) is 4.98. The molecule has 4 aromatic rings. The molecule has 7 nitrogen and oxygen atoms in total. The highest BCUT2D eigenvalue weighted by molar-refractivity contribution is 5.96.